The number of benzene rings is 2. The molecule has 0 unspecified atom stereocenters. The van der Waals surface area contributed by atoms with Crippen LogP contribution in [0.25, 0.3) is 10.9 Å². The summed E-state index contributed by atoms with van der Waals surface area (Å²) in [5, 5.41) is 8.56. The third-order valence-electron chi connectivity index (χ3n) is 4.70. The smallest absolute Gasteiger partial charge is 0.273 e. The molecular formula is C22H20ClN3O2. The average molecular weight is 394 g/mol. The Kier molecular flexibility index (Phi) is 5.17. The highest BCUT2D eigenvalue weighted by atomic mass is 35.5. The number of hydrogen-bond donors (Lipinski definition) is 2. The van der Waals surface area contributed by atoms with E-state index < -0.39 is 0 Å². The molecular weight excluding hydrogens is 374 g/mol. The van der Waals surface area contributed by atoms with Gasteiger partial charge in [0.15, 0.2) is 5.69 Å². The van der Waals surface area contributed by atoms with Gasteiger partial charge in [-0.2, -0.15) is 0 Å². The average Bonchev–Trinajstić information content (AvgIpc) is 3.31. The second kappa shape index (κ2) is 7.90. The number of nitrogens with one attached hydrogen (secondary N) is 2. The summed E-state index contributed by atoms with van der Waals surface area (Å²) in [7, 11) is 0. The van der Waals surface area contributed by atoms with Gasteiger partial charge in [0.2, 0.25) is 0 Å². The van der Waals surface area contributed by atoms with Gasteiger partial charge in [0.1, 0.15) is 5.76 Å². The van der Waals surface area contributed by atoms with E-state index in [4.69, 9.17) is 16.1 Å². The van der Waals surface area contributed by atoms with E-state index in [2.05, 4.69) is 27.6 Å². The fourth-order valence-corrected chi connectivity index (χ4v) is 3.34. The summed E-state index contributed by atoms with van der Waals surface area (Å²) in [6.45, 7) is 2.55. The number of hydrogen-bond acceptors (Lipinski definition) is 3. The van der Waals surface area contributed by atoms with Crippen LogP contribution in [0, 0.1) is 6.92 Å². The summed E-state index contributed by atoms with van der Waals surface area (Å²) < 4.78 is 5.31. The molecule has 0 radical (unpaired) electrons. The van der Waals surface area contributed by atoms with Gasteiger partial charge < -0.3 is 14.8 Å². The third kappa shape index (κ3) is 4.10. The minimum absolute atomic E-state index is 0.239. The fourth-order valence-electron chi connectivity index (χ4n) is 3.17. The molecule has 0 bridgehead atoms. The van der Waals surface area contributed by atoms with E-state index in [9.17, 15) is 4.79 Å². The van der Waals surface area contributed by atoms with Gasteiger partial charge in [-0.1, -0.05) is 46.6 Å². The van der Waals surface area contributed by atoms with E-state index in [1.807, 2.05) is 43.5 Å². The third-order valence-corrected chi connectivity index (χ3v) is 4.94. The Morgan fingerprint density at radius 2 is 2.00 bits per heavy atom. The van der Waals surface area contributed by atoms with E-state index in [0.717, 1.165) is 22.0 Å². The maximum absolute atomic E-state index is 12.3. The zero-order chi connectivity index (χ0) is 19.5. The summed E-state index contributed by atoms with van der Waals surface area (Å²) in [6, 6.07) is 15.6. The number of halogens is 1. The second-order valence-electron chi connectivity index (χ2n) is 6.85. The first-order valence-electron chi connectivity index (χ1n) is 9.13. The fraction of sp³-hybridized carbons (Fsp3) is 0.182. The summed E-state index contributed by atoms with van der Waals surface area (Å²) in [4.78, 5) is 15.6. The molecule has 2 aromatic carbocycles. The Morgan fingerprint density at radius 3 is 2.82 bits per heavy atom. The number of aromatic amines is 1. The Hall–Kier alpha value is -3.05. The number of nitrogens with zero attached hydrogens (tertiary/aromatic N) is 1. The predicted molar refractivity (Wildman–Crippen MR) is 110 cm³/mol. The SMILES string of the molecule is Cc1ccc(Cc2cc(C(=O)NCCc3c[nH]c4ccc(Cl)cc34)no2)cc1. The monoisotopic (exact) mass is 393 g/mol. The number of aryl methyl sites for hydroxylation is 1. The molecule has 0 saturated carbocycles. The quantitative estimate of drug-likeness (QED) is 0.499. The molecule has 2 aromatic heterocycles. The lowest BCUT2D eigenvalue weighted by atomic mass is 10.1. The molecule has 5 nitrogen and oxygen atoms in total. The largest absolute Gasteiger partial charge is 0.361 e. The van der Waals surface area contributed by atoms with E-state index in [1.54, 1.807) is 6.07 Å². The molecule has 0 atom stereocenters. The van der Waals surface area contributed by atoms with Crippen molar-refractivity contribution in [1.29, 1.82) is 0 Å². The number of amides is 1. The summed E-state index contributed by atoms with van der Waals surface area (Å²) >= 11 is 6.08. The van der Waals surface area contributed by atoms with Crippen molar-refractivity contribution in [2.24, 2.45) is 0 Å². The van der Waals surface area contributed by atoms with Crippen LogP contribution in [0.1, 0.15) is 32.9 Å². The number of aromatic nitrogens is 2. The molecule has 0 saturated heterocycles. The number of fused-ring (bicyclic) bond motifs is 1. The van der Waals surface area contributed by atoms with Gasteiger partial charge in [-0.25, -0.2) is 0 Å². The lowest BCUT2D eigenvalue weighted by molar-refractivity contribution is 0.0945. The molecule has 0 fully saturated rings. The number of carbonyl (C=O) groups excluding carboxylic acids is 1. The van der Waals surface area contributed by atoms with Gasteiger partial charge in [-0.15, -0.1) is 0 Å². The highest BCUT2D eigenvalue weighted by molar-refractivity contribution is 6.31. The molecule has 28 heavy (non-hydrogen) atoms. The van der Waals surface area contributed by atoms with Crippen molar-refractivity contribution < 1.29 is 9.32 Å². The summed E-state index contributed by atoms with van der Waals surface area (Å²) in [6.07, 6.45) is 3.25. The molecule has 2 N–H and O–H groups in total. The molecule has 4 rings (SSSR count). The van der Waals surface area contributed by atoms with E-state index in [0.29, 0.717) is 35.9 Å². The van der Waals surface area contributed by atoms with Crippen LogP contribution in [0.3, 0.4) is 0 Å². The normalized spacial score (nSPS) is 11.1. The Labute approximate surface area is 167 Å². The van der Waals surface area contributed by atoms with Crippen molar-refractivity contribution in [2.75, 3.05) is 6.54 Å². The first-order valence-corrected chi connectivity index (χ1v) is 9.51. The van der Waals surface area contributed by atoms with E-state index in [-0.39, 0.29) is 5.91 Å². The molecule has 0 spiro atoms. The van der Waals surface area contributed by atoms with Crippen LogP contribution in [0.4, 0.5) is 0 Å². The molecule has 0 aliphatic rings. The van der Waals surface area contributed by atoms with Crippen molar-refractivity contribution in [3.63, 3.8) is 0 Å². The van der Waals surface area contributed by atoms with Crippen molar-refractivity contribution in [3.05, 3.63) is 87.9 Å². The van der Waals surface area contributed by atoms with Gasteiger partial charge in [0, 0.05) is 41.2 Å². The summed E-state index contributed by atoms with van der Waals surface area (Å²) in [5.74, 6) is 0.428. The molecule has 4 aromatic rings. The predicted octanol–water partition coefficient (Wildman–Crippen LogP) is 4.68. The maximum atomic E-state index is 12.3. The van der Waals surface area contributed by atoms with Crippen molar-refractivity contribution in [3.8, 4) is 0 Å². The molecule has 2 heterocycles. The molecule has 1 amide bonds. The van der Waals surface area contributed by atoms with Gasteiger partial charge in [0.05, 0.1) is 0 Å². The molecule has 0 aliphatic heterocycles. The minimum atomic E-state index is -0.239. The Balaban J connectivity index is 1.34. The second-order valence-corrected chi connectivity index (χ2v) is 7.29. The Bertz CT molecular complexity index is 1110. The number of rotatable bonds is 6. The molecule has 0 aliphatic carbocycles. The molecule has 142 valence electrons. The van der Waals surface area contributed by atoms with Crippen molar-refractivity contribution in [2.45, 2.75) is 19.8 Å². The first kappa shape index (κ1) is 18.3. The zero-order valence-electron chi connectivity index (χ0n) is 15.5. The lowest BCUT2D eigenvalue weighted by Crippen LogP contribution is -2.25. The summed E-state index contributed by atoms with van der Waals surface area (Å²) in [5.41, 5.74) is 4.76. The van der Waals surface area contributed by atoms with Crippen LogP contribution in [-0.2, 0) is 12.8 Å². The highest BCUT2D eigenvalue weighted by Gasteiger charge is 2.13. The van der Waals surface area contributed by atoms with Gasteiger partial charge in [-0.05, 0) is 42.7 Å². The zero-order valence-corrected chi connectivity index (χ0v) is 16.2. The molecule has 6 heteroatoms. The van der Waals surface area contributed by atoms with Crippen LogP contribution in [-0.4, -0.2) is 22.6 Å². The Morgan fingerprint density at radius 1 is 1.18 bits per heavy atom. The number of carbonyl (C=O) groups is 1. The number of H-pyrrole nitrogens is 1. The minimum Gasteiger partial charge on any atom is -0.361 e. The van der Waals surface area contributed by atoms with E-state index in [1.165, 1.54) is 5.56 Å². The van der Waals surface area contributed by atoms with Crippen LogP contribution in [0.2, 0.25) is 5.02 Å². The van der Waals surface area contributed by atoms with Crippen LogP contribution >= 0.6 is 11.6 Å². The lowest BCUT2D eigenvalue weighted by Gasteiger charge is -2.02. The van der Waals surface area contributed by atoms with Gasteiger partial charge >= 0.3 is 0 Å². The van der Waals surface area contributed by atoms with E-state index >= 15 is 0 Å². The van der Waals surface area contributed by atoms with Crippen molar-refractivity contribution >= 4 is 28.4 Å². The van der Waals surface area contributed by atoms with Gasteiger partial charge in [-0.3, -0.25) is 4.79 Å². The van der Waals surface area contributed by atoms with Crippen LogP contribution < -0.4 is 5.32 Å². The standard InChI is InChI=1S/C22H20ClN3O2/c1-14-2-4-15(5-3-14)10-18-12-21(26-28-18)22(27)24-9-8-16-13-25-20-7-6-17(23)11-19(16)20/h2-7,11-13,25H,8-10H2,1H3,(H,24,27). The topological polar surface area (TPSA) is 70.9 Å². The first-order chi connectivity index (χ1) is 13.6. The maximum Gasteiger partial charge on any atom is 0.273 e. The van der Waals surface area contributed by atoms with Crippen LogP contribution in [0.5, 0.6) is 0 Å². The van der Waals surface area contributed by atoms with Gasteiger partial charge in [0.25, 0.3) is 5.91 Å². The van der Waals surface area contributed by atoms with Crippen molar-refractivity contribution in [1.82, 2.24) is 15.5 Å². The van der Waals surface area contributed by atoms with Crippen LogP contribution in [0.15, 0.2) is 59.3 Å². The highest BCUT2D eigenvalue weighted by Crippen LogP contribution is 2.22.